The van der Waals surface area contributed by atoms with E-state index in [1.807, 2.05) is 37.3 Å². The molecule has 2 aliphatic heterocycles. The topological polar surface area (TPSA) is 236 Å². The van der Waals surface area contributed by atoms with Crippen molar-refractivity contribution in [3.8, 4) is 22.9 Å². The van der Waals surface area contributed by atoms with E-state index in [2.05, 4.69) is 20.6 Å². The van der Waals surface area contributed by atoms with Gasteiger partial charge in [0.15, 0.2) is 12.2 Å². The van der Waals surface area contributed by atoms with Crippen molar-refractivity contribution >= 4 is 28.5 Å². The molecule has 63 heavy (non-hydrogen) atoms. The standard InChI is InChI=1S/C44H53N7O12/c1-4-31-33-24-30(10-11-37(33)47-41-34(31)26-51-38(41)25-36-35(42(51)53)27-63-43(54)44(36,55)5-2)62-28-40(52)49-48-29(3)32-8-6-7-9-39(32)61-23-22-60-21-20-59-19-18-58-17-16-57-15-14-56-13-12-46-50-45/h6-11,24-25,55H,4-5,12-23,26-28H2,1-3H3,(H,49,52)/b48-29+. The monoisotopic (exact) mass is 871 g/mol. The average Bonchev–Trinajstić information content (AvgIpc) is 3.67. The van der Waals surface area contributed by atoms with Gasteiger partial charge in [-0.3, -0.25) is 9.59 Å². The molecule has 6 rings (SSSR count). The van der Waals surface area contributed by atoms with E-state index in [-0.39, 0.29) is 42.9 Å². The van der Waals surface area contributed by atoms with Crippen LogP contribution in [0.1, 0.15) is 55.0 Å². The molecule has 19 heteroatoms. The average molecular weight is 872 g/mol. The number of nitrogens with one attached hydrogen (secondary N) is 1. The van der Waals surface area contributed by atoms with Crippen molar-refractivity contribution in [3.63, 3.8) is 0 Å². The second-order valence-corrected chi connectivity index (χ2v) is 14.4. The molecule has 0 bridgehead atoms. The van der Waals surface area contributed by atoms with Crippen LogP contribution in [0, 0.1) is 0 Å². The van der Waals surface area contributed by atoms with Crippen LogP contribution in [0.25, 0.3) is 32.7 Å². The van der Waals surface area contributed by atoms with E-state index in [0.717, 1.165) is 16.5 Å². The van der Waals surface area contributed by atoms with Crippen LogP contribution in [-0.2, 0) is 63.2 Å². The van der Waals surface area contributed by atoms with Crippen molar-refractivity contribution in [2.45, 2.75) is 52.4 Å². The van der Waals surface area contributed by atoms with Gasteiger partial charge in [0, 0.05) is 33.5 Å². The first-order chi connectivity index (χ1) is 30.7. The fraction of sp³-hybridized carbons (Fsp3) is 0.477. The number of hydrazone groups is 1. The Kier molecular flexibility index (Phi) is 17.0. The maximum absolute atomic E-state index is 13.7. The number of azide groups is 1. The summed E-state index contributed by atoms with van der Waals surface area (Å²) in [6, 6.07) is 14.4. The Labute approximate surface area is 363 Å². The highest BCUT2D eigenvalue weighted by molar-refractivity contribution is 6.01. The molecule has 1 amide bonds. The molecule has 1 atom stereocenters. The molecule has 0 radical (unpaired) electrons. The van der Waals surface area contributed by atoms with Gasteiger partial charge in [0.25, 0.3) is 11.5 Å². The Morgan fingerprint density at radius 3 is 2.24 bits per heavy atom. The Balaban J connectivity index is 0.926. The first-order valence-corrected chi connectivity index (χ1v) is 20.9. The van der Waals surface area contributed by atoms with Crippen molar-refractivity contribution in [3.05, 3.63) is 97.1 Å². The molecular formula is C44H53N7O12. The zero-order chi connectivity index (χ0) is 44.6. The largest absolute Gasteiger partial charge is 0.490 e. The van der Waals surface area contributed by atoms with E-state index in [4.69, 9.17) is 48.4 Å². The summed E-state index contributed by atoms with van der Waals surface area (Å²) in [5.74, 6) is -0.179. The van der Waals surface area contributed by atoms with E-state index < -0.39 is 17.5 Å². The minimum Gasteiger partial charge on any atom is -0.490 e. The molecule has 4 aromatic rings. The smallest absolute Gasteiger partial charge is 0.343 e. The number of carbonyl (C=O) groups excluding carboxylic acids is 2. The zero-order valence-electron chi connectivity index (χ0n) is 35.8. The summed E-state index contributed by atoms with van der Waals surface area (Å²) in [6.45, 7) is 9.97. The highest BCUT2D eigenvalue weighted by atomic mass is 16.6. The minimum atomic E-state index is -1.91. The van der Waals surface area contributed by atoms with E-state index in [1.165, 1.54) is 0 Å². The lowest BCUT2D eigenvalue weighted by atomic mass is 9.86. The lowest BCUT2D eigenvalue weighted by Gasteiger charge is -2.31. The Bertz CT molecular complexity index is 2380. The van der Waals surface area contributed by atoms with Crippen LogP contribution in [-0.4, -0.2) is 118 Å². The Morgan fingerprint density at radius 1 is 0.905 bits per heavy atom. The quantitative estimate of drug-likeness (QED) is 0.0150. The minimum absolute atomic E-state index is 0.0614. The molecule has 0 spiro atoms. The summed E-state index contributed by atoms with van der Waals surface area (Å²) < 4.78 is 45.9. The second-order valence-electron chi connectivity index (χ2n) is 14.4. The van der Waals surface area contributed by atoms with Crippen LogP contribution in [0.5, 0.6) is 11.5 Å². The third kappa shape index (κ3) is 11.6. The zero-order valence-corrected chi connectivity index (χ0v) is 35.8. The molecule has 0 saturated heterocycles. The van der Waals surface area contributed by atoms with Crippen LogP contribution in [0.2, 0.25) is 0 Å². The molecule has 4 heterocycles. The molecular weight excluding hydrogens is 819 g/mol. The van der Waals surface area contributed by atoms with Gasteiger partial charge in [-0.05, 0) is 67.3 Å². The summed E-state index contributed by atoms with van der Waals surface area (Å²) in [7, 11) is 0. The van der Waals surface area contributed by atoms with Crippen molar-refractivity contribution in [2.75, 3.05) is 85.8 Å². The number of para-hydroxylation sites is 1. The molecule has 2 aromatic carbocycles. The van der Waals surface area contributed by atoms with E-state index in [1.54, 1.807) is 36.6 Å². The normalized spacial score (nSPS) is 15.3. The number of esters is 1. The third-order valence-corrected chi connectivity index (χ3v) is 10.5. The number of cyclic esters (lactones) is 1. The van der Waals surface area contributed by atoms with Crippen molar-refractivity contribution in [1.82, 2.24) is 15.0 Å². The number of benzene rings is 2. The van der Waals surface area contributed by atoms with Gasteiger partial charge in [-0.25, -0.2) is 15.2 Å². The van der Waals surface area contributed by atoms with E-state index in [9.17, 15) is 19.5 Å². The Hall–Kier alpha value is -5.92. The fourth-order valence-corrected chi connectivity index (χ4v) is 7.26. The summed E-state index contributed by atoms with van der Waals surface area (Å²) in [4.78, 5) is 46.7. The third-order valence-electron chi connectivity index (χ3n) is 10.5. The fourth-order valence-electron chi connectivity index (χ4n) is 7.26. The number of nitrogens with zero attached hydrogens (tertiary/aromatic N) is 6. The van der Waals surface area contributed by atoms with Gasteiger partial charge in [0.1, 0.15) is 24.7 Å². The van der Waals surface area contributed by atoms with Gasteiger partial charge < -0.3 is 47.6 Å². The number of pyridine rings is 2. The summed E-state index contributed by atoms with van der Waals surface area (Å²) >= 11 is 0. The lowest BCUT2D eigenvalue weighted by molar-refractivity contribution is -0.172. The molecule has 1 unspecified atom stereocenters. The maximum atomic E-state index is 13.7. The predicted molar refractivity (Wildman–Crippen MR) is 230 cm³/mol. The maximum Gasteiger partial charge on any atom is 0.343 e. The summed E-state index contributed by atoms with van der Waals surface area (Å²) in [5.41, 5.74) is 14.0. The number of ether oxygens (including phenoxy) is 8. The molecule has 336 valence electrons. The van der Waals surface area contributed by atoms with Crippen LogP contribution in [0.4, 0.5) is 0 Å². The molecule has 2 N–H and O–H groups in total. The lowest BCUT2D eigenvalue weighted by Crippen LogP contribution is -2.44. The number of carbonyl (C=O) groups is 2. The number of aromatic nitrogens is 2. The van der Waals surface area contributed by atoms with Gasteiger partial charge >= 0.3 is 5.97 Å². The number of aliphatic hydroxyl groups is 1. The predicted octanol–water partition coefficient (Wildman–Crippen LogP) is 4.33. The van der Waals surface area contributed by atoms with Crippen LogP contribution in [0.3, 0.4) is 0 Å². The number of rotatable bonds is 26. The molecule has 0 saturated carbocycles. The number of amides is 1. The Morgan fingerprint density at radius 2 is 1.57 bits per heavy atom. The molecule has 0 fully saturated rings. The summed E-state index contributed by atoms with van der Waals surface area (Å²) in [5, 5.41) is 19.7. The summed E-state index contributed by atoms with van der Waals surface area (Å²) in [6.07, 6.45) is 0.694. The number of hydrogen-bond donors (Lipinski definition) is 2. The van der Waals surface area contributed by atoms with Gasteiger partial charge in [0.05, 0.1) is 101 Å². The number of aryl methyl sites for hydroxylation is 1. The van der Waals surface area contributed by atoms with Crippen molar-refractivity contribution in [2.24, 2.45) is 10.2 Å². The van der Waals surface area contributed by atoms with E-state index >= 15 is 0 Å². The van der Waals surface area contributed by atoms with E-state index in [0.29, 0.717) is 125 Å². The molecule has 2 aliphatic rings. The van der Waals surface area contributed by atoms with Gasteiger partial charge in [0.2, 0.25) is 0 Å². The number of fused-ring (bicyclic) bond motifs is 5. The first-order valence-electron chi connectivity index (χ1n) is 20.9. The van der Waals surface area contributed by atoms with Crippen LogP contribution >= 0.6 is 0 Å². The van der Waals surface area contributed by atoms with Crippen LogP contribution < -0.4 is 20.5 Å². The van der Waals surface area contributed by atoms with Crippen molar-refractivity contribution < 1.29 is 52.6 Å². The molecule has 19 nitrogen and oxygen atoms in total. The van der Waals surface area contributed by atoms with Gasteiger partial charge in [-0.1, -0.05) is 31.1 Å². The highest BCUT2D eigenvalue weighted by Gasteiger charge is 2.45. The molecule has 2 aromatic heterocycles. The SMILES string of the molecule is CCc1c2c(nc3ccc(OCC(=O)N/N=C(\C)c4ccccc4OCCOCCOCCOCCOCCOCCN=[N+]=[N-])cc13)-c1cc3c(c(=O)n1C2)COC(=O)C3(O)CC. The first kappa shape index (κ1) is 46.6. The van der Waals surface area contributed by atoms with Gasteiger partial charge in [-0.2, -0.15) is 5.10 Å². The van der Waals surface area contributed by atoms with Gasteiger partial charge in [-0.15, -0.1) is 0 Å². The van der Waals surface area contributed by atoms with Crippen LogP contribution in [0.15, 0.2) is 63.5 Å². The van der Waals surface area contributed by atoms with Crippen molar-refractivity contribution in [1.29, 1.82) is 0 Å². The number of hydrogen-bond acceptors (Lipinski definition) is 15. The molecule has 0 aliphatic carbocycles. The second kappa shape index (κ2) is 23.0. The highest BCUT2D eigenvalue weighted by Crippen LogP contribution is 2.40.